The van der Waals surface area contributed by atoms with Gasteiger partial charge in [-0.05, 0) is 13.0 Å². The number of likely N-dealkylation sites (N-methyl/N-ethyl adjacent to an activating group) is 1. The van der Waals surface area contributed by atoms with E-state index in [1.165, 1.54) is 19.6 Å². The van der Waals surface area contributed by atoms with Gasteiger partial charge in [0.05, 0.1) is 0 Å². The van der Waals surface area contributed by atoms with Gasteiger partial charge >= 0.3 is 0 Å². The molecular formula is C8H16N2. The lowest BCUT2D eigenvalue weighted by Crippen LogP contribution is -2.47. The maximum atomic E-state index is 3.69. The molecular weight excluding hydrogens is 124 g/mol. The Morgan fingerprint density at radius 1 is 1.70 bits per heavy atom. The van der Waals surface area contributed by atoms with Crippen molar-refractivity contribution in [2.45, 2.75) is 0 Å². The molecule has 1 fully saturated rings. The van der Waals surface area contributed by atoms with Crippen LogP contribution in [0.15, 0.2) is 12.7 Å². The number of nitrogens with one attached hydrogen (secondary N) is 1. The van der Waals surface area contributed by atoms with Crippen LogP contribution in [0.5, 0.6) is 0 Å². The minimum Gasteiger partial charge on any atom is -0.316 e. The lowest BCUT2D eigenvalue weighted by atomic mass is 10.0. The Labute approximate surface area is 62.9 Å². The molecule has 1 N–H and O–H groups in total. The number of hydrogen-bond donors (Lipinski definition) is 1. The van der Waals surface area contributed by atoms with Gasteiger partial charge in [-0.25, -0.2) is 0 Å². The molecule has 0 aromatic rings. The van der Waals surface area contributed by atoms with Crippen molar-refractivity contribution in [1.82, 2.24) is 10.2 Å². The molecule has 0 spiro atoms. The van der Waals surface area contributed by atoms with Gasteiger partial charge in [0.1, 0.15) is 0 Å². The molecule has 1 aliphatic rings. The molecule has 0 bridgehead atoms. The molecule has 1 rings (SSSR count). The Kier molecular flexibility index (Phi) is 2.90. The highest BCUT2D eigenvalue weighted by molar-refractivity contribution is 4.79. The quantitative estimate of drug-likeness (QED) is 0.566. The zero-order valence-electron chi connectivity index (χ0n) is 6.64. The van der Waals surface area contributed by atoms with E-state index >= 15 is 0 Å². The van der Waals surface area contributed by atoms with E-state index in [0.717, 1.165) is 12.5 Å². The first-order valence-electron chi connectivity index (χ1n) is 3.83. The van der Waals surface area contributed by atoms with Crippen molar-refractivity contribution in [3.63, 3.8) is 0 Å². The minimum atomic E-state index is 0.880. The summed E-state index contributed by atoms with van der Waals surface area (Å²) in [7, 11) is 2.14. The molecule has 2 heteroatoms. The molecule has 0 unspecified atom stereocenters. The highest BCUT2D eigenvalue weighted by Crippen LogP contribution is 2.03. The summed E-state index contributed by atoms with van der Waals surface area (Å²) >= 11 is 0. The van der Waals surface area contributed by atoms with Crippen LogP contribution in [0.2, 0.25) is 0 Å². The van der Waals surface area contributed by atoms with E-state index in [2.05, 4.69) is 23.8 Å². The third-order valence-electron chi connectivity index (χ3n) is 1.88. The molecule has 0 aromatic heterocycles. The summed E-state index contributed by atoms with van der Waals surface area (Å²) in [5.74, 6) is 0.880. The molecule has 1 aliphatic heterocycles. The Bertz CT molecular complexity index is 108. The van der Waals surface area contributed by atoms with E-state index < -0.39 is 0 Å². The molecule has 1 heterocycles. The fraction of sp³-hybridized carbons (Fsp3) is 0.750. The lowest BCUT2D eigenvalue weighted by molar-refractivity contribution is 0.238. The second-order valence-electron chi connectivity index (χ2n) is 3.03. The molecule has 0 saturated carbocycles. The molecule has 10 heavy (non-hydrogen) atoms. The topological polar surface area (TPSA) is 15.3 Å². The molecule has 1 saturated heterocycles. The van der Waals surface area contributed by atoms with Crippen LogP contribution in [0.3, 0.4) is 0 Å². The van der Waals surface area contributed by atoms with Crippen LogP contribution in [-0.2, 0) is 0 Å². The van der Waals surface area contributed by atoms with E-state index in [0.29, 0.717) is 0 Å². The fourth-order valence-electron chi connectivity index (χ4n) is 1.21. The van der Waals surface area contributed by atoms with Crippen LogP contribution < -0.4 is 5.32 Å². The van der Waals surface area contributed by atoms with E-state index in [-0.39, 0.29) is 0 Å². The molecule has 0 aliphatic carbocycles. The lowest BCUT2D eigenvalue weighted by Gasteiger charge is -2.30. The molecule has 2 nitrogen and oxygen atoms in total. The fourth-order valence-corrected chi connectivity index (χ4v) is 1.21. The summed E-state index contributed by atoms with van der Waals surface area (Å²) < 4.78 is 0. The van der Waals surface area contributed by atoms with Crippen molar-refractivity contribution >= 4 is 0 Å². The van der Waals surface area contributed by atoms with Crippen molar-refractivity contribution in [2.75, 3.05) is 33.2 Å². The van der Waals surface area contributed by atoms with Crippen LogP contribution in [0.1, 0.15) is 0 Å². The molecule has 0 radical (unpaired) electrons. The Balaban J connectivity index is 2.04. The summed E-state index contributed by atoms with van der Waals surface area (Å²) in [6.45, 7) is 8.30. The summed E-state index contributed by atoms with van der Waals surface area (Å²) in [5, 5.41) is 3.26. The zero-order valence-corrected chi connectivity index (χ0v) is 6.64. The van der Waals surface area contributed by atoms with Gasteiger partial charge in [-0.15, -0.1) is 6.58 Å². The van der Waals surface area contributed by atoms with Crippen molar-refractivity contribution in [3.8, 4) is 0 Å². The third kappa shape index (κ3) is 2.12. The standard InChI is InChI=1S/C8H16N2/c1-3-4-10(2)7-8-5-9-6-8/h3,8-9H,1,4-7H2,2H3. The van der Waals surface area contributed by atoms with Crippen molar-refractivity contribution < 1.29 is 0 Å². The minimum absolute atomic E-state index is 0.880. The molecule has 0 aromatic carbocycles. The van der Waals surface area contributed by atoms with Crippen LogP contribution >= 0.6 is 0 Å². The number of hydrogen-bond acceptors (Lipinski definition) is 2. The van der Waals surface area contributed by atoms with Gasteiger partial charge in [0, 0.05) is 26.2 Å². The summed E-state index contributed by atoms with van der Waals surface area (Å²) in [5.41, 5.74) is 0. The Hall–Kier alpha value is -0.340. The monoisotopic (exact) mass is 140 g/mol. The first-order valence-corrected chi connectivity index (χ1v) is 3.83. The van der Waals surface area contributed by atoms with Gasteiger partial charge in [0.2, 0.25) is 0 Å². The molecule has 0 atom stereocenters. The highest BCUT2D eigenvalue weighted by atomic mass is 15.1. The average Bonchev–Trinajstić information content (AvgIpc) is 1.80. The van der Waals surface area contributed by atoms with Crippen molar-refractivity contribution in [1.29, 1.82) is 0 Å². The SMILES string of the molecule is C=CCN(C)CC1CNC1. The maximum absolute atomic E-state index is 3.69. The predicted molar refractivity (Wildman–Crippen MR) is 44.1 cm³/mol. The predicted octanol–water partition coefficient (Wildman–Crippen LogP) is 0.324. The largest absolute Gasteiger partial charge is 0.316 e. The maximum Gasteiger partial charge on any atom is 0.0157 e. The second-order valence-corrected chi connectivity index (χ2v) is 3.03. The zero-order chi connectivity index (χ0) is 7.40. The van der Waals surface area contributed by atoms with Gasteiger partial charge in [0.25, 0.3) is 0 Å². The Morgan fingerprint density at radius 2 is 2.40 bits per heavy atom. The summed E-state index contributed by atoms with van der Waals surface area (Å²) in [6.07, 6.45) is 1.95. The van der Waals surface area contributed by atoms with Gasteiger partial charge in [0.15, 0.2) is 0 Å². The van der Waals surface area contributed by atoms with Crippen molar-refractivity contribution in [2.24, 2.45) is 5.92 Å². The molecule has 58 valence electrons. The summed E-state index contributed by atoms with van der Waals surface area (Å²) in [6, 6.07) is 0. The van der Waals surface area contributed by atoms with E-state index in [1.54, 1.807) is 0 Å². The van der Waals surface area contributed by atoms with Crippen molar-refractivity contribution in [3.05, 3.63) is 12.7 Å². The van der Waals surface area contributed by atoms with E-state index in [1.807, 2.05) is 6.08 Å². The number of rotatable bonds is 4. The third-order valence-corrected chi connectivity index (χ3v) is 1.88. The van der Waals surface area contributed by atoms with Gasteiger partial charge in [-0.3, -0.25) is 0 Å². The van der Waals surface area contributed by atoms with Crippen LogP contribution in [0.25, 0.3) is 0 Å². The van der Waals surface area contributed by atoms with Gasteiger partial charge < -0.3 is 10.2 Å². The summed E-state index contributed by atoms with van der Waals surface area (Å²) in [4.78, 5) is 2.30. The smallest absolute Gasteiger partial charge is 0.0157 e. The first kappa shape index (κ1) is 7.76. The van der Waals surface area contributed by atoms with Crippen LogP contribution in [0, 0.1) is 5.92 Å². The second kappa shape index (κ2) is 3.74. The average molecular weight is 140 g/mol. The van der Waals surface area contributed by atoms with E-state index in [4.69, 9.17) is 0 Å². The Morgan fingerprint density at radius 3 is 2.80 bits per heavy atom. The van der Waals surface area contributed by atoms with Crippen LogP contribution in [-0.4, -0.2) is 38.1 Å². The van der Waals surface area contributed by atoms with E-state index in [9.17, 15) is 0 Å². The normalized spacial score (nSPS) is 19.0. The van der Waals surface area contributed by atoms with Crippen LogP contribution in [0.4, 0.5) is 0 Å². The number of nitrogens with zero attached hydrogens (tertiary/aromatic N) is 1. The molecule has 0 amide bonds. The highest BCUT2D eigenvalue weighted by Gasteiger charge is 2.17. The van der Waals surface area contributed by atoms with Gasteiger partial charge in [-0.1, -0.05) is 6.08 Å². The van der Waals surface area contributed by atoms with Gasteiger partial charge in [-0.2, -0.15) is 0 Å². The first-order chi connectivity index (χ1) is 4.83.